The van der Waals surface area contributed by atoms with Gasteiger partial charge in [0.2, 0.25) is 5.91 Å². The Kier molecular flexibility index (Phi) is 4.22. The van der Waals surface area contributed by atoms with Gasteiger partial charge in [0.05, 0.1) is 18.1 Å². The van der Waals surface area contributed by atoms with Crippen LogP contribution >= 0.6 is 11.3 Å². The van der Waals surface area contributed by atoms with Crippen LogP contribution in [0.4, 0.5) is 5.13 Å². The zero-order chi connectivity index (χ0) is 14.0. The van der Waals surface area contributed by atoms with Crippen molar-refractivity contribution in [3.8, 4) is 0 Å². The molecule has 1 fully saturated rings. The molecule has 19 heavy (non-hydrogen) atoms. The van der Waals surface area contributed by atoms with Gasteiger partial charge in [-0.2, -0.15) is 0 Å². The Balaban J connectivity index is 1.85. The van der Waals surface area contributed by atoms with E-state index in [1.54, 1.807) is 18.1 Å². The van der Waals surface area contributed by atoms with Gasteiger partial charge < -0.3 is 5.32 Å². The lowest BCUT2D eigenvalue weighted by molar-refractivity contribution is -0.117. The van der Waals surface area contributed by atoms with Gasteiger partial charge in [-0.3, -0.25) is 9.69 Å². The monoisotopic (exact) mass is 303 g/mol. The zero-order valence-corrected chi connectivity index (χ0v) is 12.6. The van der Waals surface area contributed by atoms with Gasteiger partial charge in [-0.05, 0) is 20.4 Å². The van der Waals surface area contributed by atoms with E-state index in [1.165, 1.54) is 11.3 Å². The van der Waals surface area contributed by atoms with Crippen LogP contribution in [-0.2, 0) is 14.6 Å². The summed E-state index contributed by atoms with van der Waals surface area (Å²) in [4.78, 5) is 18.7. The van der Waals surface area contributed by atoms with E-state index in [4.69, 9.17) is 0 Å². The topological polar surface area (TPSA) is 79.4 Å². The number of carbonyl (C=O) groups excluding carboxylic acids is 1. The SMILES string of the molecule is Cc1cnc(NC(=O)CN(C)[C@H]2CCS(=O)(=O)C2)s1. The summed E-state index contributed by atoms with van der Waals surface area (Å²) >= 11 is 1.42. The number of carbonyl (C=O) groups is 1. The molecule has 2 heterocycles. The largest absolute Gasteiger partial charge is 0.301 e. The van der Waals surface area contributed by atoms with Crippen molar-refractivity contribution >= 4 is 32.2 Å². The number of nitrogens with zero attached hydrogens (tertiary/aromatic N) is 2. The van der Waals surface area contributed by atoms with E-state index in [2.05, 4.69) is 10.3 Å². The third kappa shape index (κ3) is 3.99. The molecule has 1 aliphatic rings. The number of nitrogens with one attached hydrogen (secondary N) is 1. The van der Waals surface area contributed by atoms with Crippen LogP contribution in [-0.4, -0.2) is 55.3 Å². The number of hydrogen-bond acceptors (Lipinski definition) is 6. The lowest BCUT2D eigenvalue weighted by Crippen LogP contribution is -2.38. The quantitative estimate of drug-likeness (QED) is 0.876. The van der Waals surface area contributed by atoms with Crippen molar-refractivity contribution in [2.24, 2.45) is 0 Å². The molecule has 8 heteroatoms. The molecule has 0 bridgehead atoms. The van der Waals surface area contributed by atoms with Crippen molar-refractivity contribution in [3.63, 3.8) is 0 Å². The molecular weight excluding hydrogens is 286 g/mol. The highest BCUT2D eigenvalue weighted by Gasteiger charge is 2.31. The maximum atomic E-state index is 11.8. The van der Waals surface area contributed by atoms with Crippen molar-refractivity contribution < 1.29 is 13.2 Å². The summed E-state index contributed by atoms with van der Waals surface area (Å²) in [5.41, 5.74) is 0. The van der Waals surface area contributed by atoms with Crippen LogP contribution in [0.25, 0.3) is 0 Å². The Morgan fingerprint density at radius 1 is 1.63 bits per heavy atom. The van der Waals surface area contributed by atoms with Crippen LogP contribution in [0, 0.1) is 6.92 Å². The summed E-state index contributed by atoms with van der Waals surface area (Å²) in [5.74, 6) is 0.198. The second-order valence-electron chi connectivity index (χ2n) is 4.80. The fourth-order valence-electron chi connectivity index (χ4n) is 2.05. The van der Waals surface area contributed by atoms with Gasteiger partial charge >= 0.3 is 0 Å². The van der Waals surface area contributed by atoms with Gasteiger partial charge in [-0.25, -0.2) is 13.4 Å². The number of amides is 1. The summed E-state index contributed by atoms with van der Waals surface area (Å²) in [6, 6.07) is -0.0613. The van der Waals surface area contributed by atoms with Crippen LogP contribution in [0.3, 0.4) is 0 Å². The van der Waals surface area contributed by atoms with Gasteiger partial charge in [0, 0.05) is 17.1 Å². The minimum atomic E-state index is -2.92. The van der Waals surface area contributed by atoms with Crippen molar-refractivity contribution in [1.29, 1.82) is 0 Å². The summed E-state index contributed by atoms with van der Waals surface area (Å²) in [6.45, 7) is 2.10. The van der Waals surface area contributed by atoms with Crippen molar-refractivity contribution in [2.75, 3.05) is 30.4 Å². The maximum Gasteiger partial charge on any atom is 0.240 e. The van der Waals surface area contributed by atoms with E-state index in [0.29, 0.717) is 11.6 Å². The molecule has 0 unspecified atom stereocenters. The number of aryl methyl sites for hydroxylation is 1. The van der Waals surface area contributed by atoms with E-state index in [9.17, 15) is 13.2 Å². The van der Waals surface area contributed by atoms with Crippen LogP contribution in [0.15, 0.2) is 6.20 Å². The molecule has 0 saturated carbocycles. The number of rotatable bonds is 4. The van der Waals surface area contributed by atoms with Gasteiger partial charge in [0.1, 0.15) is 0 Å². The minimum absolute atomic E-state index is 0.0613. The molecule has 1 N–H and O–H groups in total. The molecule has 0 radical (unpaired) electrons. The van der Waals surface area contributed by atoms with E-state index < -0.39 is 9.84 Å². The number of likely N-dealkylation sites (N-methyl/N-ethyl adjacent to an activating group) is 1. The van der Waals surface area contributed by atoms with E-state index in [1.807, 2.05) is 6.92 Å². The smallest absolute Gasteiger partial charge is 0.240 e. The first kappa shape index (κ1) is 14.4. The molecule has 1 aliphatic heterocycles. The number of sulfone groups is 1. The molecular formula is C11H17N3O3S2. The van der Waals surface area contributed by atoms with Crippen LogP contribution in [0.1, 0.15) is 11.3 Å². The van der Waals surface area contributed by atoms with E-state index in [-0.39, 0.29) is 30.0 Å². The van der Waals surface area contributed by atoms with Crippen molar-refractivity contribution in [3.05, 3.63) is 11.1 Å². The maximum absolute atomic E-state index is 11.8. The van der Waals surface area contributed by atoms with Crippen LogP contribution < -0.4 is 5.32 Å². The first-order chi connectivity index (χ1) is 8.85. The Morgan fingerprint density at radius 2 is 2.37 bits per heavy atom. The van der Waals surface area contributed by atoms with Gasteiger partial charge in [-0.15, -0.1) is 11.3 Å². The van der Waals surface area contributed by atoms with Gasteiger partial charge in [0.15, 0.2) is 15.0 Å². The Hall–Kier alpha value is -0.990. The molecule has 2 rings (SSSR count). The summed E-state index contributed by atoms with van der Waals surface area (Å²) in [7, 11) is -1.14. The molecule has 1 amide bonds. The molecule has 0 aromatic carbocycles. The predicted molar refractivity (Wildman–Crippen MR) is 75.2 cm³/mol. The molecule has 1 saturated heterocycles. The number of anilines is 1. The first-order valence-corrected chi connectivity index (χ1v) is 8.62. The second-order valence-corrected chi connectivity index (χ2v) is 8.26. The fraction of sp³-hybridized carbons (Fsp3) is 0.636. The Morgan fingerprint density at radius 3 is 2.89 bits per heavy atom. The lowest BCUT2D eigenvalue weighted by atomic mass is 10.2. The number of aromatic nitrogens is 1. The fourth-order valence-corrected chi connectivity index (χ4v) is 4.54. The Bertz CT molecular complexity index is 567. The molecule has 0 aliphatic carbocycles. The third-order valence-corrected chi connectivity index (χ3v) is 5.67. The minimum Gasteiger partial charge on any atom is -0.301 e. The average Bonchev–Trinajstić information content (AvgIpc) is 2.84. The molecule has 1 aromatic rings. The standard InChI is InChI=1S/C11H17N3O3S2/c1-8-5-12-11(18-8)13-10(15)6-14(2)9-3-4-19(16,17)7-9/h5,9H,3-4,6-7H2,1-2H3,(H,12,13,15)/t9-/m0/s1. The van der Waals surface area contributed by atoms with Crippen molar-refractivity contribution in [1.82, 2.24) is 9.88 Å². The predicted octanol–water partition coefficient (Wildman–Crippen LogP) is 0.509. The van der Waals surface area contributed by atoms with Crippen molar-refractivity contribution in [2.45, 2.75) is 19.4 Å². The van der Waals surface area contributed by atoms with E-state index in [0.717, 1.165) is 4.88 Å². The first-order valence-electron chi connectivity index (χ1n) is 5.99. The summed E-state index contributed by atoms with van der Waals surface area (Å²) in [5, 5.41) is 3.29. The van der Waals surface area contributed by atoms with E-state index >= 15 is 0 Å². The molecule has 0 spiro atoms. The molecule has 1 aromatic heterocycles. The molecule has 1 atom stereocenters. The average molecular weight is 303 g/mol. The van der Waals surface area contributed by atoms with Gasteiger partial charge in [-0.1, -0.05) is 0 Å². The summed E-state index contributed by atoms with van der Waals surface area (Å²) in [6.07, 6.45) is 2.30. The number of thiazole rings is 1. The third-order valence-electron chi connectivity index (χ3n) is 3.09. The normalized spacial score (nSPS) is 21.7. The number of hydrogen-bond donors (Lipinski definition) is 1. The molecule has 6 nitrogen and oxygen atoms in total. The lowest BCUT2D eigenvalue weighted by Gasteiger charge is -2.21. The highest BCUT2D eigenvalue weighted by atomic mass is 32.2. The molecule has 106 valence electrons. The summed E-state index contributed by atoms with van der Waals surface area (Å²) < 4.78 is 22.8. The Labute approximate surface area is 116 Å². The second kappa shape index (κ2) is 5.56. The van der Waals surface area contributed by atoms with Crippen LogP contribution in [0.2, 0.25) is 0 Å². The van der Waals surface area contributed by atoms with Gasteiger partial charge in [0.25, 0.3) is 0 Å². The highest BCUT2D eigenvalue weighted by molar-refractivity contribution is 7.91. The zero-order valence-electron chi connectivity index (χ0n) is 10.9. The van der Waals surface area contributed by atoms with Crippen LogP contribution in [0.5, 0.6) is 0 Å². The highest BCUT2D eigenvalue weighted by Crippen LogP contribution is 2.18.